The molecule has 0 aliphatic heterocycles. The third-order valence-electron chi connectivity index (χ3n) is 2.38. The van der Waals surface area contributed by atoms with Crippen LogP contribution >= 0.6 is 11.3 Å². The Kier molecular flexibility index (Phi) is 4.75. The summed E-state index contributed by atoms with van der Waals surface area (Å²) in [4.78, 5) is 29.9. The summed E-state index contributed by atoms with van der Waals surface area (Å²) < 4.78 is 5.18. The molecule has 0 saturated heterocycles. The molecule has 20 heavy (non-hydrogen) atoms. The smallest absolute Gasteiger partial charge is 0.408 e. The summed E-state index contributed by atoms with van der Waals surface area (Å²) in [5, 5.41) is 3.35. The van der Waals surface area contributed by atoms with Gasteiger partial charge in [-0.15, -0.1) is 0 Å². The molecule has 0 fully saturated rings. The van der Waals surface area contributed by atoms with E-state index in [1.165, 1.54) is 11.3 Å². The molecule has 7 heteroatoms. The zero-order valence-electron chi connectivity index (χ0n) is 12.7. The van der Waals surface area contributed by atoms with Gasteiger partial charge in [0.05, 0.1) is 4.88 Å². The van der Waals surface area contributed by atoms with Crippen LogP contribution in [0.5, 0.6) is 0 Å². The Balaban J connectivity index is 2.91. The molecule has 1 amide bonds. The van der Waals surface area contributed by atoms with Gasteiger partial charge in [-0.05, 0) is 27.7 Å². The molecule has 0 saturated carbocycles. The quantitative estimate of drug-likeness (QED) is 0.863. The SMILES string of the molecule is CN(C)c1ncc(C(C)(C=O)NC(=O)OC(C)(C)C)s1. The maximum absolute atomic E-state index is 11.8. The standard InChI is InChI=1S/C13H21N3O3S/c1-12(2,3)19-11(18)15-13(4,8-17)9-7-14-10(20-9)16(5)6/h7-8H,1-6H3,(H,15,18). The fraction of sp³-hybridized carbons (Fsp3) is 0.615. The van der Waals surface area contributed by atoms with Crippen molar-refractivity contribution >= 4 is 28.8 Å². The molecule has 0 spiro atoms. The number of carbonyl (C=O) groups excluding carboxylic acids is 2. The van der Waals surface area contributed by atoms with Gasteiger partial charge in [0.15, 0.2) is 11.4 Å². The van der Waals surface area contributed by atoms with Gasteiger partial charge in [0.1, 0.15) is 11.1 Å². The molecule has 1 heterocycles. The third kappa shape index (κ3) is 4.19. The van der Waals surface area contributed by atoms with E-state index in [4.69, 9.17) is 4.74 Å². The number of thiazole rings is 1. The fourth-order valence-electron chi connectivity index (χ4n) is 1.38. The number of rotatable bonds is 4. The van der Waals surface area contributed by atoms with Gasteiger partial charge in [0, 0.05) is 20.3 Å². The van der Waals surface area contributed by atoms with Crippen molar-refractivity contribution in [3.63, 3.8) is 0 Å². The number of alkyl carbamates (subject to hydrolysis) is 1. The Bertz CT molecular complexity index is 493. The van der Waals surface area contributed by atoms with Crippen LogP contribution in [0.4, 0.5) is 9.93 Å². The minimum Gasteiger partial charge on any atom is -0.444 e. The molecular weight excluding hydrogens is 278 g/mol. The molecule has 1 atom stereocenters. The Morgan fingerprint density at radius 2 is 2.00 bits per heavy atom. The summed E-state index contributed by atoms with van der Waals surface area (Å²) in [6, 6.07) is 0. The van der Waals surface area contributed by atoms with Crippen molar-refractivity contribution in [1.82, 2.24) is 10.3 Å². The first kappa shape index (κ1) is 16.4. The highest BCUT2D eigenvalue weighted by atomic mass is 32.1. The average Bonchev–Trinajstić information content (AvgIpc) is 2.75. The summed E-state index contributed by atoms with van der Waals surface area (Å²) >= 11 is 1.35. The van der Waals surface area contributed by atoms with Gasteiger partial charge >= 0.3 is 6.09 Å². The number of aromatic nitrogens is 1. The van der Waals surface area contributed by atoms with Crippen LogP contribution in [0.15, 0.2) is 6.20 Å². The van der Waals surface area contributed by atoms with E-state index in [1.807, 2.05) is 19.0 Å². The van der Waals surface area contributed by atoms with Crippen LogP contribution in [0.25, 0.3) is 0 Å². The Hall–Kier alpha value is -1.63. The summed E-state index contributed by atoms with van der Waals surface area (Å²) in [5.74, 6) is 0. The van der Waals surface area contributed by atoms with E-state index in [0.717, 1.165) is 5.13 Å². The highest BCUT2D eigenvalue weighted by Gasteiger charge is 2.32. The molecule has 6 nitrogen and oxygen atoms in total. The lowest BCUT2D eigenvalue weighted by molar-refractivity contribution is -0.113. The number of hydrogen-bond acceptors (Lipinski definition) is 6. The molecule has 0 bridgehead atoms. The molecule has 1 unspecified atom stereocenters. The number of carbonyl (C=O) groups is 2. The first-order valence-electron chi connectivity index (χ1n) is 6.18. The minimum atomic E-state index is -1.14. The number of nitrogens with one attached hydrogen (secondary N) is 1. The molecule has 0 radical (unpaired) electrons. The predicted octanol–water partition coefficient (Wildman–Crippen LogP) is 2.15. The molecule has 1 aromatic rings. The van der Waals surface area contributed by atoms with Crippen molar-refractivity contribution in [2.75, 3.05) is 19.0 Å². The molecule has 1 aromatic heterocycles. The van der Waals surface area contributed by atoms with E-state index in [-0.39, 0.29) is 0 Å². The van der Waals surface area contributed by atoms with Gasteiger partial charge in [-0.25, -0.2) is 9.78 Å². The normalized spacial score (nSPS) is 14.3. The summed E-state index contributed by atoms with van der Waals surface area (Å²) in [7, 11) is 3.73. The number of hydrogen-bond donors (Lipinski definition) is 1. The van der Waals surface area contributed by atoms with Gasteiger partial charge in [0.2, 0.25) is 0 Å². The molecule has 0 aliphatic rings. The number of nitrogens with zero attached hydrogens (tertiary/aromatic N) is 2. The van der Waals surface area contributed by atoms with Crippen molar-refractivity contribution in [1.29, 1.82) is 0 Å². The molecule has 0 aromatic carbocycles. The van der Waals surface area contributed by atoms with Crippen molar-refractivity contribution in [2.24, 2.45) is 0 Å². The Morgan fingerprint density at radius 1 is 1.40 bits per heavy atom. The van der Waals surface area contributed by atoms with Crippen LogP contribution in [-0.2, 0) is 15.1 Å². The number of aldehydes is 1. The van der Waals surface area contributed by atoms with Gasteiger partial charge in [-0.1, -0.05) is 11.3 Å². The molecule has 1 N–H and O–H groups in total. The minimum absolute atomic E-state index is 0.615. The van der Waals surface area contributed by atoms with Crippen molar-refractivity contribution in [3.05, 3.63) is 11.1 Å². The summed E-state index contributed by atoms with van der Waals surface area (Å²) in [5.41, 5.74) is -1.76. The Morgan fingerprint density at radius 3 is 2.40 bits per heavy atom. The van der Waals surface area contributed by atoms with E-state index in [1.54, 1.807) is 33.9 Å². The number of ether oxygens (including phenoxy) is 1. The maximum Gasteiger partial charge on any atom is 0.408 e. The third-order valence-corrected chi connectivity index (χ3v) is 3.79. The van der Waals surface area contributed by atoms with Crippen molar-refractivity contribution in [3.8, 4) is 0 Å². The van der Waals surface area contributed by atoms with E-state index < -0.39 is 17.2 Å². The zero-order valence-corrected chi connectivity index (χ0v) is 13.5. The van der Waals surface area contributed by atoms with Crippen LogP contribution in [0.1, 0.15) is 32.6 Å². The van der Waals surface area contributed by atoms with Crippen molar-refractivity contribution in [2.45, 2.75) is 38.8 Å². The van der Waals surface area contributed by atoms with E-state index in [0.29, 0.717) is 11.2 Å². The molecule has 112 valence electrons. The Labute approximate surface area is 123 Å². The van der Waals surface area contributed by atoms with Gasteiger partial charge in [-0.2, -0.15) is 0 Å². The molecule has 0 aliphatic carbocycles. The second-order valence-corrected chi connectivity index (χ2v) is 6.86. The largest absolute Gasteiger partial charge is 0.444 e. The van der Waals surface area contributed by atoms with Gasteiger partial charge in [-0.3, -0.25) is 0 Å². The topological polar surface area (TPSA) is 71.5 Å². The number of anilines is 1. The van der Waals surface area contributed by atoms with Crippen LogP contribution in [0, 0.1) is 0 Å². The van der Waals surface area contributed by atoms with Gasteiger partial charge < -0.3 is 19.7 Å². The van der Waals surface area contributed by atoms with Crippen LogP contribution in [-0.4, -0.2) is 37.1 Å². The zero-order chi connectivity index (χ0) is 15.6. The average molecular weight is 299 g/mol. The molecule has 1 rings (SSSR count). The maximum atomic E-state index is 11.8. The van der Waals surface area contributed by atoms with Crippen molar-refractivity contribution < 1.29 is 14.3 Å². The monoisotopic (exact) mass is 299 g/mol. The van der Waals surface area contributed by atoms with E-state index >= 15 is 0 Å². The highest BCUT2D eigenvalue weighted by molar-refractivity contribution is 7.15. The first-order chi connectivity index (χ1) is 9.07. The lowest BCUT2D eigenvalue weighted by atomic mass is 10.0. The molecular formula is C13H21N3O3S. The highest BCUT2D eigenvalue weighted by Crippen LogP contribution is 2.29. The second-order valence-electron chi connectivity index (χ2n) is 5.85. The lowest BCUT2D eigenvalue weighted by Gasteiger charge is -2.26. The number of amides is 1. The van der Waals surface area contributed by atoms with Crippen LogP contribution in [0.3, 0.4) is 0 Å². The first-order valence-corrected chi connectivity index (χ1v) is 7.00. The summed E-state index contributed by atoms with van der Waals surface area (Å²) in [6.07, 6.45) is 1.64. The van der Waals surface area contributed by atoms with Crippen LogP contribution in [0.2, 0.25) is 0 Å². The fourth-order valence-corrected chi connectivity index (χ4v) is 2.28. The predicted molar refractivity (Wildman–Crippen MR) is 79.2 cm³/mol. The lowest BCUT2D eigenvalue weighted by Crippen LogP contribution is -2.46. The second kappa shape index (κ2) is 5.78. The van der Waals surface area contributed by atoms with E-state index in [2.05, 4.69) is 10.3 Å². The van der Waals surface area contributed by atoms with E-state index in [9.17, 15) is 9.59 Å². The van der Waals surface area contributed by atoms with Crippen LogP contribution < -0.4 is 10.2 Å². The summed E-state index contributed by atoms with van der Waals surface area (Å²) in [6.45, 7) is 6.92. The van der Waals surface area contributed by atoms with Gasteiger partial charge in [0.25, 0.3) is 0 Å².